The van der Waals surface area contributed by atoms with E-state index in [1.54, 1.807) is 11.0 Å². The molecular formula is C30H32Cl2FN3O2. The molecule has 5 rings (SSSR count). The number of benzene rings is 3. The highest BCUT2D eigenvalue weighted by molar-refractivity contribution is 6.30. The molecule has 5 nitrogen and oxygen atoms in total. The predicted octanol–water partition coefficient (Wildman–Crippen LogP) is 6.41. The minimum Gasteiger partial charge on any atom is -0.378 e. The third-order valence-corrected chi connectivity index (χ3v) is 7.87. The Kier molecular flexibility index (Phi) is 8.85. The van der Waals surface area contributed by atoms with Crippen LogP contribution < -0.4 is 9.80 Å². The summed E-state index contributed by atoms with van der Waals surface area (Å²) in [5.74, 6) is -0.411. The number of carbonyl (C=O) groups is 1. The largest absolute Gasteiger partial charge is 0.378 e. The molecule has 0 saturated carbocycles. The predicted molar refractivity (Wildman–Crippen MR) is 152 cm³/mol. The maximum atomic E-state index is 15.3. The number of ether oxygens (including phenoxy) is 1. The van der Waals surface area contributed by atoms with Gasteiger partial charge in [-0.25, -0.2) is 4.39 Å². The molecular weight excluding hydrogens is 524 g/mol. The number of nitrogens with zero attached hydrogens (tertiary/aromatic N) is 3. The molecule has 3 aromatic carbocycles. The van der Waals surface area contributed by atoms with Gasteiger partial charge < -0.3 is 14.5 Å². The Morgan fingerprint density at radius 2 is 1.47 bits per heavy atom. The first-order valence-corrected chi connectivity index (χ1v) is 13.9. The Labute approximate surface area is 233 Å². The molecule has 0 atom stereocenters. The van der Waals surface area contributed by atoms with Crippen molar-refractivity contribution in [3.8, 4) is 0 Å². The van der Waals surface area contributed by atoms with Crippen LogP contribution >= 0.6 is 23.2 Å². The Balaban J connectivity index is 1.31. The first-order valence-electron chi connectivity index (χ1n) is 13.1. The van der Waals surface area contributed by atoms with E-state index in [-0.39, 0.29) is 17.6 Å². The van der Waals surface area contributed by atoms with Gasteiger partial charge in [-0.05, 0) is 79.5 Å². The van der Waals surface area contributed by atoms with Crippen LogP contribution in [-0.2, 0) is 22.6 Å². The number of hydrogen-bond acceptors (Lipinski definition) is 4. The van der Waals surface area contributed by atoms with E-state index in [2.05, 4.69) is 4.90 Å². The summed E-state index contributed by atoms with van der Waals surface area (Å²) in [7, 11) is 0. The minimum absolute atomic E-state index is 0.0321. The second kappa shape index (κ2) is 12.5. The van der Waals surface area contributed by atoms with E-state index in [4.69, 9.17) is 27.9 Å². The molecule has 1 amide bonds. The zero-order chi connectivity index (χ0) is 26.5. The van der Waals surface area contributed by atoms with Crippen LogP contribution in [0.25, 0.3) is 0 Å². The van der Waals surface area contributed by atoms with Crippen LogP contribution in [0.1, 0.15) is 24.0 Å². The molecule has 2 fully saturated rings. The van der Waals surface area contributed by atoms with E-state index in [0.29, 0.717) is 49.2 Å². The number of halogens is 3. The van der Waals surface area contributed by atoms with E-state index < -0.39 is 0 Å². The third kappa shape index (κ3) is 6.67. The van der Waals surface area contributed by atoms with Gasteiger partial charge in [-0.2, -0.15) is 0 Å². The summed E-state index contributed by atoms with van der Waals surface area (Å²) in [5.41, 5.74) is 3.27. The lowest BCUT2D eigenvalue weighted by atomic mass is 9.94. The van der Waals surface area contributed by atoms with Gasteiger partial charge in [-0.1, -0.05) is 47.5 Å². The number of hydrogen-bond donors (Lipinski definition) is 0. The van der Waals surface area contributed by atoms with Gasteiger partial charge >= 0.3 is 0 Å². The van der Waals surface area contributed by atoms with Crippen molar-refractivity contribution in [1.29, 1.82) is 0 Å². The summed E-state index contributed by atoms with van der Waals surface area (Å²) < 4.78 is 20.7. The van der Waals surface area contributed by atoms with Crippen molar-refractivity contribution in [3.05, 3.63) is 93.7 Å². The summed E-state index contributed by atoms with van der Waals surface area (Å²) in [6.45, 7) is 5.32. The normalized spacial score (nSPS) is 17.0. The Bertz CT molecular complexity index is 1230. The van der Waals surface area contributed by atoms with E-state index in [9.17, 15) is 4.79 Å². The SMILES string of the molecule is O=C(C1CCN(Cc2ccc(Cl)cc2)CC1)N(Cc1ccc(Cl)cc1)c1ccc(N2CCOCC2)c(F)c1. The second-order valence-electron chi connectivity index (χ2n) is 9.96. The van der Waals surface area contributed by atoms with E-state index >= 15 is 4.39 Å². The van der Waals surface area contributed by atoms with Crippen LogP contribution in [0.5, 0.6) is 0 Å². The quantitative estimate of drug-likeness (QED) is 0.337. The molecule has 0 radical (unpaired) electrons. The molecule has 0 aromatic heterocycles. The zero-order valence-electron chi connectivity index (χ0n) is 21.3. The first-order chi connectivity index (χ1) is 18.5. The third-order valence-electron chi connectivity index (χ3n) is 7.37. The highest BCUT2D eigenvalue weighted by Crippen LogP contribution is 2.30. The van der Waals surface area contributed by atoms with Crippen LogP contribution in [0.2, 0.25) is 10.0 Å². The van der Waals surface area contributed by atoms with Crippen molar-refractivity contribution >= 4 is 40.5 Å². The molecule has 2 aliphatic rings. The Morgan fingerprint density at radius 1 is 0.868 bits per heavy atom. The van der Waals surface area contributed by atoms with Gasteiger partial charge in [0.25, 0.3) is 0 Å². The molecule has 2 aliphatic heterocycles. The van der Waals surface area contributed by atoms with Crippen molar-refractivity contribution < 1.29 is 13.9 Å². The van der Waals surface area contributed by atoms with Gasteiger partial charge in [0.1, 0.15) is 5.82 Å². The fourth-order valence-electron chi connectivity index (χ4n) is 5.20. The molecule has 0 bridgehead atoms. The van der Waals surface area contributed by atoms with Crippen LogP contribution in [0.4, 0.5) is 15.8 Å². The van der Waals surface area contributed by atoms with Crippen molar-refractivity contribution in [2.45, 2.75) is 25.9 Å². The highest BCUT2D eigenvalue weighted by atomic mass is 35.5. The zero-order valence-corrected chi connectivity index (χ0v) is 22.8. The molecule has 0 aliphatic carbocycles. The minimum atomic E-state index is -0.323. The van der Waals surface area contributed by atoms with Crippen molar-refractivity contribution in [2.24, 2.45) is 5.92 Å². The summed E-state index contributed by atoms with van der Waals surface area (Å²) >= 11 is 12.1. The number of amides is 1. The van der Waals surface area contributed by atoms with Crippen LogP contribution in [0.3, 0.4) is 0 Å². The average molecular weight is 557 g/mol. The second-order valence-corrected chi connectivity index (χ2v) is 10.8. The van der Waals surface area contributed by atoms with Crippen molar-refractivity contribution in [2.75, 3.05) is 49.2 Å². The maximum absolute atomic E-state index is 15.3. The number of likely N-dealkylation sites (tertiary alicyclic amines) is 1. The lowest BCUT2D eigenvalue weighted by molar-refractivity contribution is -0.124. The molecule has 2 heterocycles. The number of piperidine rings is 1. The molecule has 200 valence electrons. The van der Waals surface area contributed by atoms with Gasteiger partial charge in [-0.3, -0.25) is 9.69 Å². The van der Waals surface area contributed by atoms with E-state index in [1.165, 1.54) is 11.6 Å². The standard InChI is InChI=1S/C30H32Cl2FN3O2/c31-25-5-1-22(2-6-25)20-34-13-11-24(12-14-34)30(37)36(21-23-3-7-26(32)8-4-23)27-9-10-29(28(33)19-27)35-15-17-38-18-16-35/h1-10,19,24H,11-18,20-21H2. The smallest absolute Gasteiger partial charge is 0.230 e. The number of morpholine rings is 1. The fraction of sp³-hybridized carbons (Fsp3) is 0.367. The molecule has 0 unspecified atom stereocenters. The number of anilines is 2. The summed E-state index contributed by atoms with van der Waals surface area (Å²) in [6, 6.07) is 20.5. The number of rotatable bonds is 7. The van der Waals surface area contributed by atoms with Gasteiger partial charge in [0, 0.05) is 41.3 Å². The molecule has 0 N–H and O–H groups in total. The highest BCUT2D eigenvalue weighted by Gasteiger charge is 2.30. The topological polar surface area (TPSA) is 36.0 Å². The maximum Gasteiger partial charge on any atom is 0.230 e. The van der Waals surface area contributed by atoms with Gasteiger partial charge in [0.2, 0.25) is 5.91 Å². The van der Waals surface area contributed by atoms with Crippen molar-refractivity contribution in [1.82, 2.24) is 4.90 Å². The number of carbonyl (C=O) groups excluding carboxylic acids is 1. The lowest BCUT2D eigenvalue weighted by Crippen LogP contribution is -2.42. The summed E-state index contributed by atoms with van der Waals surface area (Å²) in [5, 5.41) is 1.37. The van der Waals surface area contributed by atoms with Gasteiger partial charge in [0.05, 0.1) is 25.4 Å². The van der Waals surface area contributed by atoms with Crippen LogP contribution in [0.15, 0.2) is 66.7 Å². The Morgan fingerprint density at radius 3 is 2.08 bits per heavy atom. The van der Waals surface area contributed by atoms with E-state index in [1.807, 2.05) is 59.5 Å². The molecule has 38 heavy (non-hydrogen) atoms. The summed E-state index contributed by atoms with van der Waals surface area (Å²) in [6.07, 6.45) is 1.52. The van der Waals surface area contributed by atoms with Gasteiger partial charge in [0.15, 0.2) is 0 Å². The van der Waals surface area contributed by atoms with Crippen molar-refractivity contribution in [3.63, 3.8) is 0 Å². The average Bonchev–Trinajstić information content (AvgIpc) is 2.94. The fourth-order valence-corrected chi connectivity index (χ4v) is 5.45. The monoisotopic (exact) mass is 555 g/mol. The van der Waals surface area contributed by atoms with Gasteiger partial charge in [-0.15, -0.1) is 0 Å². The molecule has 0 spiro atoms. The molecule has 3 aromatic rings. The molecule has 8 heteroatoms. The first kappa shape index (κ1) is 26.9. The lowest BCUT2D eigenvalue weighted by Gasteiger charge is -2.35. The summed E-state index contributed by atoms with van der Waals surface area (Å²) in [4.78, 5) is 20.0. The van der Waals surface area contributed by atoms with E-state index in [0.717, 1.165) is 43.1 Å². The Hall–Kier alpha value is -2.64. The van der Waals surface area contributed by atoms with Crippen LogP contribution in [-0.4, -0.2) is 50.2 Å². The molecule has 2 saturated heterocycles. The van der Waals surface area contributed by atoms with Crippen LogP contribution in [0, 0.1) is 11.7 Å².